The number of rotatable bonds is 2. The van der Waals surface area contributed by atoms with Crippen LogP contribution in [-0.2, 0) is 14.5 Å². The van der Waals surface area contributed by atoms with Crippen LogP contribution in [0.5, 0.6) is 0 Å². The Hall–Kier alpha value is -0.160. The van der Waals surface area contributed by atoms with Gasteiger partial charge in [0.05, 0.1) is 5.75 Å². The Morgan fingerprint density at radius 3 is 2.14 bits per heavy atom. The third-order valence-corrected chi connectivity index (χ3v) is 1.35. The Morgan fingerprint density at radius 2 is 2.14 bits per heavy atom. The first-order valence-corrected chi connectivity index (χ1v) is 3.23. The van der Waals surface area contributed by atoms with Gasteiger partial charge in [-0.3, -0.25) is 0 Å². The number of hydrogen-bond acceptors (Lipinski definition) is 3. The van der Waals surface area contributed by atoms with E-state index in [0.29, 0.717) is 0 Å². The second-order valence-electron chi connectivity index (χ2n) is 0.909. The minimum absolute atomic E-state index is 0.330. The predicted molar refractivity (Wildman–Crippen MR) is 21.7 cm³/mol. The third kappa shape index (κ3) is 2.52. The smallest absolute Gasteiger partial charge is 0.197 e. The average molecular weight is 128 g/mol. The van der Waals surface area contributed by atoms with Crippen molar-refractivity contribution in [1.29, 1.82) is 0 Å². The molecule has 0 N–H and O–H groups in total. The van der Waals surface area contributed by atoms with E-state index in [4.69, 9.17) is 0 Å². The van der Waals surface area contributed by atoms with Crippen LogP contribution in [0.2, 0.25) is 0 Å². The molecule has 44 valence electrons. The summed E-state index contributed by atoms with van der Waals surface area (Å²) in [5.74, 6) is -0.330. The zero-order chi connectivity index (χ0) is 5.91. The van der Waals surface area contributed by atoms with Gasteiger partial charge in [0.15, 0.2) is 0 Å². The van der Waals surface area contributed by atoms with Gasteiger partial charge in [-0.1, -0.05) is 4.39 Å². The molecule has 0 bridgehead atoms. The quantitative estimate of drug-likeness (QED) is 0.535. The molecule has 0 radical (unpaired) electrons. The van der Waals surface area contributed by atoms with Gasteiger partial charge in [0.2, 0.25) is 0 Å². The van der Waals surface area contributed by atoms with Crippen LogP contribution in [0.4, 0.5) is 4.53 Å². The van der Waals surface area contributed by atoms with Crippen LogP contribution in [0.1, 0.15) is 6.92 Å². The zero-order valence-electron chi connectivity index (χ0n) is 3.72. The topological polar surface area (TPSA) is 43.4 Å². The van der Waals surface area contributed by atoms with Gasteiger partial charge in [-0.15, -0.1) is 0 Å². The first-order chi connectivity index (χ1) is 3.12. The van der Waals surface area contributed by atoms with E-state index in [9.17, 15) is 12.9 Å². The fourth-order valence-electron chi connectivity index (χ4n) is 0.0445. The molecule has 0 aromatic rings. The lowest BCUT2D eigenvalue weighted by Crippen LogP contribution is -2.00. The first kappa shape index (κ1) is 6.84. The standard InChI is InChI=1S/C2H5FO3S/c1-2-7(4,5)6-3/h2H2,1H3. The van der Waals surface area contributed by atoms with E-state index < -0.39 is 10.1 Å². The Morgan fingerprint density at radius 1 is 1.71 bits per heavy atom. The van der Waals surface area contributed by atoms with Crippen LogP contribution in [0, 0.1) is 0 Å². The Kier molecular flexibility index (Phi) is 2.17. The van der Waals surface area contributed by atoms with Gasteiger partial charge in [-0.25, -0.2) is 0 Å². The molecule has 0 aromatic carbocycles. The molecule has 0 aliphatic heterocycles. The van der Waals surface area contributed by atoms with Crippen molar-refractivity contribution in [2.45, 2.75) is 6.92 Å². The summed E-state index contributed by atoms with van der Waals surface area (Å²) in [5, 5.41) is 0. The molecular formula is C2H5FO3S. The molecule has 0 spiro atoms. The minimum atomic E-state index is -3.82. The van der Waals surface area contributed by atoms with Gasteiger partial charge < -0.3 is 0 Å². The van der Waals surface area contributed by atoms with Gasteiger partial charge in [0.25, 0.3) is 10.1 Å². The maximum Gasteiger partial charge on any atom is 0.297 e. The van der Waals surface area contributed by atoms with E-state index >= 15 is 0 Å². The second-order valence-corrected chi connectivity index (χ2v) is 2.73. The summed E-state index contributed by atoms with van der Waals surface area (Å²) in [6.45, 7) is 1.29. The summed E-state index contributed by atoms with van der Waals surface area (Å²) in [5.41, 5.74) is 0. The molecular weight excluding hydrogens is 123 g/mol. The molecule has 0 aliphatic carbocycles. The van der Waals surface area contributed by atoms with Crippen molar-refractivity contribution in [2.24, 2.45) is 0 Å². The highest BCUT2D eigenvalue weighted by atomic mass is 32.2. The van der Waals surface area contributed by atoms with Gasteiger partial charge >= 0.3 is 0 Å². The maximum atomic E-state index is 10.7. The molecule has 5 heteroatoms. The Bertz CT molecular complexity index is 116. The van der Waals surface area contributed by atoms with Crippen molar-refractivity contribution < 1.29 is 17.3 Å². The fourth-order valence-corrected chi connectivity index (χ4v) is 0.134. The summed E-state index contributed by atoms with van der Waals surface area (Å²) in [7, 11) is -3.82. The first-order valence-electron chi connectivity index (χ1n) is 1.65. The van der Waals surface area contributed by atoms with Crippen LogP contribution in [0.3, 0.4) is 0 Å². The van der Waals surface area contributed by atoms with Crippen molar-refractivity contribution in [3.8, 4) is 0 Å². The van der Waals surface area contributed by atoms with Crippen LogP contribution in [0.25, 0.3) is 0 Å². The van der Waals surface area contributed by atoms with E-state index in [-0.39, 0.29) is 5.75 Å². The monoisotopic (exact) mass is 128 g/mol. The van der Waals surface area contributed by atoms with E-state index in [0.717, 1.165) is 0 Å². The summed E-state index contributed by atoms with van der Waals surface area (Å²) in [6, 6.07) is 0. The molecule has 0 amide bonds. The molecule has 0 aromatic heterocycles. The molecule has 0 unspecified atom stereocenters. The summed E-state index contributed by atoms with van der Waals surface area (Å²) in [6.07, 6.45) is 0. The average Bonchev–Trinajstić information content (AvgIpc) is 1.68. The molecule has 0 aliphatic rings. The van der Waals surface area contributed by atoms with E-state index in [1.807, 2.05) is 0 Å². The van der Waals surface area contributed by atoms with Crippen LogP contribution in [-0.4, -0.2) is 14.2 Å². The van der Waals surface area contributed by atoms with Gasteiger partial charge in [-0.2, -0.15) is 8.42 Å². The summed E-state index contributed by atoms with van der Waals surface area (Å²) in [4.78, 5) is 0. The van der Waals surface area contributed by atoms with Crippen molar-refractivity contribution in [3.63, 3.8) is 0 Å². The normalized spacial score (nSPS) is 11.7. The third-order valence-electron chi connectivity index (χ3n) is 0.450. The van der Waals surface area contributed by atoms with Crippen molar-refractivity contribution in [1.82, 2.24) is 0 Å². The summed E-state index contributed by atoms with van der Waals surface area (Å²) < 4.78 is 32.8. The van der Waals surface area contributed by atoms with E-state index in [2.05, 4.69) is 4.39 Å². The molecule has 0 saturated heterocycles. The fraction of sp³-hybridized carbons (Fsp3) is 1.00. The van der Waals surface area contributed by atoms with Crippen LogP contribution in [0.15, 0.2) is 0 Å². The highest BCUT2D eigenvalue weighted by molar-refractivity contribution is 7.86. The van der Waals surface area contributed by atoms with Gasteiger partial charge in [0, 0.05) is 0 Å². The van der Waals surface area contributed by atoms with E-state index in [1.54, 1.807) is 0 Å². The molecule has 0 fully saturated rings. The highest BCUT2D eigenvalue weighted by Gasteiger charge is 2.04. The molecule has 0 atom stereocenters. The van der Waals surface area contributed by atoms with Gasteiger partial charge in [-0.05, 0) is 11.4 Å². The molecule has 3 nitrogen and oxygen atoms in total. The van der Waals surface area contributed by atoms with Crippen LogP contribution >= 0.6 is 0 Å². The minimum Gasteiger partial charge on any atom is -0.197 e. The lowest BCUT2D eigenvalue weighted by atomic mass is 11.0. The largest absolute Gasteiger partial charge is 0.297 e. The van der Waals surface area contributed by atoms with E-state index in [1.165, 1.54) is 6.92 Å². The van der Waals surface area contributed by atoms with Crippen molar-refractivity contribution in [2.75, 3.05) is 5.75 Å². The molecule has 7 heavy (non-hydrogen) atoms. The zero-order valence-corrected chi connectivity index (χ0v) is 4.53. The Balaban J connectivity index is 3.89. The lowest BCUT2D eigenvalue weighted by Gasteiger charge is -1.85. The Labute approximate surface area is 41.1 Å². The predicted octanol–water partition coefficient (Wildman–Crippen LogP) is 0.237. The number of hydrogen-bond donors (Lipinski definition) is 0. The highest BCUT2D eigenvalue weighted by Crippen LogP contribution is 1.89. The molecule has 0 saturated carbocycles. The molecule has 0 rings (SSSR count). The summed E-state index contributed by atoms with van der Waals surface area (Å²) >= 11 is 0. The van der Waals surface area contributed by atoms with Crippen LogP contribution < -0.4 is 0 Å². The second kappa shape index (κ2) is 2.23. The van der Waals surface area contributed by atoms with Gasteiger partial charge in [0.1, 0.15) is 0 Å². The number of halogens is 1. The maximum absolute atomic E-state index is 10.7. The van der Waals surface area contributed by atoms with Crippen molar-refractivity contribution in [3.05, 3.63) is 0 Å². The SMILES string of the molecule is CCS(=O)(=O)OF. The van der Waals surface area contributed by atoms with Crippen molar-refractivity contribution >= 4 is 10.1 Å². The lowest BCUT2D eigenvalue weighted by molar-refractivity contribution is 0.00319. The molecule has 0 heterocycles.